The summed E-state index contributed by atoms with van der Waals surface area (Å²) >= 11 is 5.87. The molecule has 1 aromatic carbocycles. The minimum Gasteiger partial charge on any atom is -0.457 e. The van der Waals surface area contributed by atoms with Crippen molar-refractivity contribution in [1.82, 2.24) is 4.98 Å². The second-order valence-electron chi connectivity index (χ2n) is 3.65. The molecule has 17 heavy (non-hydrogen) atoms. The summed E-state index contributed by atoms with van der Waals surface area (Å²) in [5.41, 5.74) is 1.54. The van der Waals surface area contributed by atoms with E-state index in [1.54, 1.807) is 24.4 Å². The van der Waals surface area contributed by atoms with Gasteiger partial charge in [0.25, 0.3) is 0 Å². The number of hydrogen-bond acceptors (Lipinski definition) is 3. The summed E-state index contributed by atoms with van der Waals surface area (Å²) in [5, 5.41) is 9.66. The fraction of sp³-hybridized carbons (Fsp3) is 0.154. The first kappa shape index (κ1) is 11.9. The molecular weight excluding hydrogens is 238 g/mol. The van der Waals surface area contributed by atoms with Crippen LogP contribution in [0.2, 0.25) is 5.02 Å². The molecule has 0 spiro atoms. The van der Waals surface area contributed by atoms with E-state index in [2.05, 4.69) is 4.98 Å². The molecule has 0 bridgehead atoms. The van der Waals surface area contributed by atoms with Gasteiger partial charge in [-0.25, -0.2) is 0 Å². The molecule has 1 aromatic heterocycles. The van der Waals surface area contributed by atoms with E-state index in [9.17, 15) is 0 Å². The first-order valence-corrected chi connectivity index (χ1v) is 5.56. The molecule has 0 unspecified atom stereocenters. The predicted molar refractivity (Wildman–Crippen MR) is 66.4 cm³/mol. The molecule has 1 heterocycles. The van der Waals surface area contributed by atoms with Gasteiger partial charge in [-0.05, 0) is 36.8 Å². The Morgan fingerprint density at radius 1 is 1.29 bits per heavy atom. The van der Waals surface area contributed by atoms with Gasteiger partial charge in [0, 0.05) is 17.3 Å². The van der Waals surface area contributed by atoms with E-state index in [-0.39, 0.29) is 6.61 Å². The molecule has 88 valence electrons. The van der Waals surface area contributed by atoms with Crippen molar-refractivity contribution in [1.29, 1.82) is 0 Å². The number of aromatic nitrogens is 1. The lowest BCUT2D eigenvalue weighted by molar-refractivity contribution is 0.276. The smallest absolute Gasteiger partial charge is 0.130 e. The maximum Gasteiger partial charge on any atom is 0.130 e. The third-order valence-corrected chi connectivity index (χ3v) is 2.55. The molecule has 0 amide bonds. The van der Waals surface area contributed by atoms with Gasteiger partial charge < -0.3 is 9.84 Å². The van der Waals surface area contributed by atoms with E-state index >= 15 is 0 Å². The minimum absolute atomic E-state index is 0.100. The summed E-state index contributed by atoms with van der Waals surface area (Å²) in [7, 11) is 0. The van der Waals surface area contributed by atoms with Gasteiger partial charge in [-0.3, -0.25) is 4.98 Å². The number of aliphatic hydroxyl groups excluding tert-OH is 1. The van der Waals surface area contributed by atoms with Gasteiger partial charge in [-0.2, -0.15) is 0 Å². The minimum atomic E-state index is -0.100. The Bertz CT molecular complexity index is 529. The van der Waals surface area contributed by atoms with E-state index in [1.807, 2.05) is 19.1 Å². The largest absolute Gasteiger partial charge is 0.457 e. The van der Waals surface area contributed by atoms with Crippen molar-refractivity contribution < 1.29 is 9.84 Å². The Morgan fingerprint density at radius 2 is 2.12 bits per heavy atom. The molecule has 0 atom stereocenters. The molecule has 0 saturated heterocycles. The molecular formula is C13H12ClNO2. The highest BCUT2D eigenvalue weighted by Crippen LogP contribution is 2.27. The molecule has 0 aliphatic heterocycles. The number of rotatable bonds is 3. The Kier molecular flexibility index (Phi) is 3.61. The van der Waals surface area contributed by atoms with Crippen LogP contribution < -0.4 is 4.74 Å². The molecule has 3 nitrogen and oxygen atoms in total. The van der Waals surface area contributed by atoms with Crippen LogP contribution in [-0.4, -0.2) is 10.1 Å². The highest BCUT2D eigenvalue weighted by Gasteiger charge is 2.03. The van der Waals surface area contributed by atoms with E-state index in [0.717, 1.165) is 11.3 Å². The zero-order chi connectivity index (χ0) is 12.3. The second-order valence-corrected chi connectivity index (χ2v) is 4.09. The lowest BCUT2D eigenvalue weighted by Gasteiger charge is -2.09. The first-order valence-electron chi connectivity index (χ1n) is 5.19. The summed E-state index contributed by atoms with van der Waals surface area (Å²) in [6.45, 7) is 1.83. The lowest BCUT2D eigenvalue weighted by atomic mass is 10.2. The Morgan fingerprint density at radius 3 is 2.82 bits per heavy atom. The van der Waals surface area contributed by atoms with E-state index in [0.29, 0.717) is 16.5 Å². The van der Waals surface area contributed by atoms with Crippen molar-refractivity contribution in [2.24, 2.45) is 0 Å². The van der Waals surface area contributed by atoms with Crippen molar-refractivity contribution in [3.8, 4) is 11.5 Å². The van der Waals surface area contributed by atoms with Crippen molar-refractivity contribution in [2.75, 3.05) is 0 Å². The molecule has 0 saturated carbocycles. The monoisotopic (exact) mass is 249 g/mol. The van der Waals surface area contributed by atoms with Crippen LogP contribution >= 0.6 is 11.6 Å². The first-order chi connectivity index (χ1) is 8.19. The topological polar surface area (TPSA) is 42.4 Å². The highest BCUT2D eigenvalue weighted by atomic mass is 35.5. The number of hydrogen-bond donors (Lipinski definition) is 1. The van der Waals surface area contributed by atoms with Crippen molar-refractivity contribution in [3.63, 3.8) is 0 Å². The van der Waals surface area contributed by atoms with Crippen LogP contribution in [0.5, 0.6) is 11.5 Å². The summed E-state index contributed by atoms with van der Waals surface area (Å²) < 4.78 is 5.70. The van der Waals surface area contributed by atoms with Crippen molar-refractivity contribution in [2.45, 2.75) is 13.5 Å². The highest BCUT2D eigenvalue weighted by molar-refractivity contribution is 6.30. The van der Waals surface area contributed by atoms with Gasteiger partial charge >= 0.3 is 0 Å². The fourth-order valence-corrected chi connectivity index (χ4v) is 1.69. The summed E-state index contributed by atoms with van der Waals surface area (Å²) in [4.78, 5) is 3.98. The number of pyridine rings is 1. The average molecular weight is 250 g/mol. The number of aliphatic hydroxyl groups is 1. The van der Waals surface area contributed by atoms with Gasteiger partial charge in [0.05, 0.1) is 12.3 Å². The zero-order valence-electron chi connectivity index (χ0n) is 9.35. The van der Waals surface area contributed by atoms with Crippen LogP contribution in [0.3, 0.4) is 0 Å². The zero-order valence-corrected chi connectivity index (χ0v) is 10.1. The van der Waals surface area contributed by atoms with Crippen LogP contribution in [0.4, 0.5) is 0 Å². The van der Waals surface area contributed by atoms with Gasteiger partial charge in [0.1, 0.15) is 11.5 Å². The number of benzene rings is 1. The van der Waals surface area contributed by atoms with Crippen molar-refractivity contribution in [3.05, 3.63) is 52.8 Å². The van der Waals surface area contributed by atoms with E-state index < -0.39 is 0 Å². The van der Waals surface area contributed by atoms with Crippen molar-refractivity contribution >= 4 is 11.6 Å². The lowest BCUT2D eigenvalue weighted by Crippen LogP contribution is -1.92. The Labute approximate surface area is 105 Å². The van der Waals surface area contributed by atoms with Crippen LogP contribution in [0, 0.1) is 6.92 Å². The van der Waals surface area contributed by atoms with E-state index in [1.165, 1.54) is 0 Å². The van der Waals surface area contributed by atoms with E-state index in [4.69, 9.17) is 21.4 Å². The second kappa shape index (κ2) is 5.17. The van der Waals surface area contributed by atoms with Gasteiger partial charge in [0.15, 0.2) is 0 Å². The average Bonchev–Trinajstić information content (AvgIpc) is 2.33. The van der Waals surface area contributed by atoms with Crippen LogP contribution in [0.25, 0.3) is 0 Å². The van der Waals surface area contributed by atoms with Crippen LogP contribution in [0.1, 0.15) is 11.3 Å². The molecule has 0 radical (unpaired) electrons. The fourth-order valence-electron chi connectivity index (χ4n) is 1.46. The molecule has 0 aliphatic carbocycles. The number of nitrogens with zero attached hydrogens (tertiary/aromatic N) is 1. The van der Waals surface area contributed by atoms with Gasteiger partial charge in [-0.15, -0.1) is 0 Å². The molecule has 4 heteroatoms. The van der Waals surface area contributed by atoms with Crippen LogP contribution in [0.15, 0.2) is 36.5 Å². The SMILES string of the molecule is Cc1cc(Cl)ccc1Oc1ccnc(CO)c1. The summed E-state index contributed by atoms with van der Waals surface area (Å²) in [6.07, 6.45) is 1.60. The molecule has 0 fully saturated rings. The standard InChI is InChI=1S/C13H12ClNO2/c1-9-6-10(14)2-3-13(9)17-12-4-5-15-11(7-12)8-16/h2-7,16H,8H2,1H3. The quantitative estimate of drug-likeness (QED) is 0.907. The summed E-state index contributed by atoms with van der Waals surface area (Å²) in [6, 6.07) is 8.88. The normalized spacial score (nSPS) is 10.3. The molecule has 1 N–H and O–H groups in total. The Hall–Kier alpha value is -1.58. The third kappa shape index (κ3) is 2.96. The number of halogens is 1. The maximum atomic E-state index is 8.98. The predicted octanol–water partition coefficient (Wildman–Crippen LogP) is 3.33. The molecule has 2 rings (SSSR count). The van der Waals surface area contributed by atoms with Gasteiger partial charge in [0.2, 0.25) is 0 Å². The summed E-state index contributed by atoms with van der Waals surface area (Å²) in [5.74, 6) is 1.39. The van der Waals surface area contributed by atoms with Gasteiger partial charge in [-0.1, -0.05) is 11.6 Å². The Balaban J connectivity index is 2.25. The maximum absolute atomic E-state index is 8.98. The third-order valence-electron chi connectivity index (χ3n) is 2.31. The van der Waals surface area contributed by atoms with Crippen LogP contribution in [-0.2, 0) is 6.61 Å². The molecule has 0 aliphatic rings. The number of aryl methyl sites for hydroxylation is 1. The number of ether oxygens (including phenoxy) is 1. The molecule has 2 aromatic rings.